The van der Waals surface area contributed by atoms with Gasteiger partial charge in [-0.15, -0.1) is 0 Å². The smallest absolute Gasteiger partial charge is 0.227 e. The number of para-hydroxylation sites is 1. The lowest BCUT2D eigenvalue weighted by Gasteiger charge is -2.10. The maximum atomic E-state index is 13.5. The summed E-state index contributed by atoms with van der Waals surface area (Å²) in [5, 5.41) is 2.25. The molecule has 0 fully saturated rings. The van der Waals surface area contributed by atoms with E-state index in [2.05, 4.69) is 5.32 Å². The van der Waals surface area contributed by atoms with Gasteiger partial charge in [-0.2, -0.15) is 0 Å². The number of ether oxygens (including phenoxy) is 1. The molecule has 1 amide bonds. The molecule has 0 unspecified atom stereocenters. The fraction of sp³-hybridized carbons (Fsp3) is 0.133. The molecule has 0 aliphatic carbocycles. The van der Waals surface area contributed by atoms with E-state index in [-0.39, 0.29) is 24.4 Å². The minimum absolute atomic E-state index is 0.00964. The van der Waals surface area contributed by atoms with Crippen molar-refractivity contribution in [3.8, 4) is 5.75 Å². The first kappa shape index (κ1) is 14.8. The number of halogens is 2. The summed E-state index contributed by atoms with van der Waals surface area (Å²) in [6.07, 6.45) is -0.00964. The summed E-state index contributed by atoms with van der Waals surface area (Å²) >= 11 is 0. The maximum Gasteiger partial charge on any atom is 0.227 e. The Labute approximate surface area is 120 Å². The van der Waals surface area contributed by atoms with Crippen LogP contribution in [0, 0.1) is 11.6 Å². The van der Waals surface area contributed by atoms with Gasteiger partial charge in [-0.25, -0.2) is 8.78 Å². The van der Waals surface area contributed by atoms with Gasteiger partial charge in [0.05, 0.1) is 18.7 Å². The van der Waals surface area contributed by atoms with Gasteiger partial charge in [0.1, 0.15) is 11.4 Å². The van der Waals surface area contributed by atoms with E-state index < -0.39 is 17.5 Å². The number of benzene rings is 2. The van der Waals surface area contributed by atoms with Gasteiger partial charge in [0.25, 0.3) is 0 Å². The SMILES string of the molecule is Nc1ccc(F)c(F)c1NC(=O)CCOc1ccccc1. The van der Waals surface area contributed by atoms with E-state index in [1.54, 1.807) is 24.3 Å². The number of hydrogen-bond donors (Lipinski definition) is 2. The predicted molar refractivity (Wildman–Crippen MR) is 76.0 cm³/mol. The van der Waals surface area contributed by atoms with E-state index in [4.69, 9.17) is 10.5 Å². The number of carbonyl (C=O) groups is 1. The number of anilines is 2. The van der Waals surface area contributed by atoms with E-state index in [9.17, 15) is 13.6 Å². The zero-order chi connectivity index (χ0) is 15.2. The van der Waals surface area contributed by atoms with E-state index in [1.165, 1.54) is 6.07 Å². The molecule has 0 saturated carbocycles. The van der Waals surface area contributed by atoms with E-state index in [1.807, 2.05) is 6.07 Å². The van der Waals surface area contributed by atoms with E-state index in [0.717, 1.165) is 6.07 Å². The highest BCUT2D eigenvalue weighted by Gasteiger charge is 2.14. The van der Waals surface area contributed by atoms with E-state index in [0.29, 0.717) is 5.75 Å². The first-order chi connectivity index (χ1) is 10.1. The Balaban J connectivity index is 1.89. The van der Waals surface area contributed by atoms with Gasteiger partial charge in [0.2, 0.25) is 5.91 Å². The summed E-state index contributed by atoms with van der Waals surface area (Å²) in [5.74, 6) is -2.13. The van der Waals surface area contributed by atoms with Crippen molar-refractivity contribution in [2.24, 2.45) is 0 Å². The van der Waals surface area contributed by atoms with Crippen LogP contribution >= 0.6 is 0 Å². The predicted octanol–water partition coefficient (Wildman–Crippen LogP) is 2.95. The van der Waals surface area contributed by atoms with Crippen LogP contribution in [0.5, 0.6) is 5.75 Å². The lowest BCUT2D eigenvalue weighted by atomic mass is 10.2. The zero-order valence-electron chi connectivity index (χ0n) is 11.1. The van der Waals surface area contributed by atoms with Crippen molar-refractivity contribution in [1.29, 1.82) is 0 Å². The molecule has 21 heavy (non-hydrogen) atoms. The summed E-state index contributed by atoms with van der Waals surface area (Å²) in [4.78, 5) is 11.7. The van der Waals surface area contributed by atoms with Gasteiger partial charge >= 0.3 is 0 Å². The van der Waals surface area contributed by atoms with Crippen LogP contribution in [-0.2, 0) is 4.79 Å². The van der Waals surface area contributed by atoms with Crippen molar-refractivity contribution in [1.82, 2.24) is 0 Å². The number of amides is 1. The third kappa shape index (κ3) is 3.92. The lowest BCUT2D eigenvalue weighted by Crippen LogP contribution is -2.17. The van der Waals surface area contributed by atoms with Crippen LogP contribution in [0.1, 0.15) is 6.42 Å². The van der Waals surface area contributed by atoms with Gasteiger partial charge in [-0.1, -0.05) is 18.2 Å². The number of rotatable bonds is 5. The summed E-state index contributed by atoms with van der Waals surface area (Å²) in [6, 6.07) is 11.0. The van der Waals surface area contributed by atoms with Gasteiger partial charge in [0, 0.05) is 0 Å². The fourth-order valence-corrected chi connectivity index (χ4v) is 1.67. The van der Waals surface area contributed by atoms with Crippen molar-refractivity contribution >= 4 is 17.3 Å². The Kier molecular flexibility index (Phi) is 4.71. The average molecular weight is 292 g/mol. The standard InChI is InChI=1S/C15H14F2N2O2/c16-11-6-7-12(18)15(14(11)17)19-13(20)8-9-21-10-4-2-1-3-5-10/h1-7H,8-9,18H2,(H,19,20). The Bertz CT molecular complexity index is 633. The molecular formula is C15H14F2N2O2. The van der Waals surface area contributed by atoms with Crippen LogP contribution < -0.4 is 15.8 Å². The van der Waals surface area contributed by atoms with Crippen molar-refractivity contribution in [2.45, 2.75) is 6.42 Å². The van der Waals surface area contributed by atoms with Gasteiger partial charge in [0.15, 0.2) is 11.6 Å². The molecule has 6 heteroatoms. The Morgan fingerprint density at radius 2 is 1.86 bits per heavy atom. The molecule has 0 spiro atoms. The minimum atomic E-state index is -1.17. The number of carbonyl (C=O) groups excluding carboxylic acids is 1. The van der Waals surface area contributed by atoms with Gasteiger partial charge < -0.3 is 15.8 Å². The molecule has 3 N–H and O–H groups in total. The molecule has 0 saturated heterocycles. The Morgan fingerprint density at radius 3 is 2.57 bits per heavy atom. The highest BCUT2D eigenvalue weighted by Crippen LogP contribution is 2.24. The zero-order valence-corrected chi connectivity index (χ0v) is 11.1. The molecule has 2 aromatic carbocycles. The van der Waals surface area contributed by atoms with Crippen molar-refractivity contribution in [2.75, 3.05) is 17.7 Å². The summed E-state index contributed by atoms with van der Waals surface area (Å²) in [5.41, 5.74) is 5.12. The first-order valence-electron chi connectivity index (χ1n) is 6.29. The molecule has 4 nitrogen and oxygen atoms in total. The molecule has 0 aliphatic rings. The van der Waals surface area contributed by atoms with Crippen molar-refractivity contribution in [3.05, 3.63) is 54.1 Å². The summed E-state index contributed by atoms with van der Waals surface area (Å²) in [6.45, 7) is 0.118. The molecule has 0 radical (unpaired) electrons. The molecule has 0 aliphatic heterocycles. The highest BCUT2D eigenvalue weighted by molar-refractivity contribution is 5.94. The van der Waals surface area contributed by atoms with Crippen LogP contribution in [0.25, 0.3) is 0 Å². The Hall–Kier alpha value is -2.63. The number of nitrogens with two attached hydrogens (primary N) is 1. The normalized spacial score (nSPS) is 10.2. The molecule has 2 aromatic rings. The van der Waals surface area contributed by atoms with Crippen LogP contribution in [0.2, 0.25) is 0 Å². The van der Waals surface area contributed by atoms with Gasteiger partial charge in [-0.05, 0) is 24.3 Å². The highest BCUT2D eigenvalue weighted by atomic mass is 19.2. The quantitative estimate of drug-likeness (QED) is 0.833. The summed E-state index contributed by atoms with van der Waals surface area (Å²) < 4.78 is 31.9. The molecule has 0 aromatic heterocycles. The van der Waals surface area contributed by atoms with Crippen LogP contribution in [0.15, 0.2) is 42.5 Å². The second-order valence-electron chi connectivity index (χ2n) is 4.29. The fourth-order valence-electron chi connectivity index (χ4n) is 1.67. The third-order valence-corrected chi connectivity index (χ3v) is 2.73. The number of nitrogen functional groups attached to an aromatic ring is 1. The second-order valence-corrected chi connectivity index (χ2v) is 4.29. The van der Waals surface area contributed by atoms with Crippen LogP contribution in [0.3, 0.4) is 0 Å². The van der Waals surface area contributed by atoms with E-state index >= 15 is 0 Å². The number of nitrogens with one attached hydrogen (secondary N) is 1. The number of hydrogen-bond acceptors (Lipinski definition) is 3. The van der Waals surface area contributed by atoms with Crippen molar-refractivity contribution in [3.63, 3.8) is 0 Å². The molecular weight excluding hydrogens is 278 g/mol. The summed E-state index contributed by atoms with van der Waals surface area (Å²) in [7, 11) is 0. The Morgan fingerprint density at radius 1 is 1.14 bits per heavy atom. The monoisotopic (exact) mass is 292 g/mol. The largest absolute Gasteiger partial charge is 0.493 e. The first-order valence-corrected chi connectivity index (χ1v) is 6.29. The molecule has 0 bridgehead atoms. The third-order valence-electron chi connectivity index (χ3n) is 2.73. The molecule has 0 atom stereocenters. The van der Waals surface area contributed by atoms with Gasteiger partial charge in [-0.3, -0.25) is 4.79 Å². The molecule has 110 valence electrons. The average Bonchev–Trinajstić information content (AvgIpc) is 2.49. The topological polar surface area (TPSA) is 64.3 Å². The van der Waals surface area contributed by atoms with Crippen molar-refractivity contribution < 1.29 is 18.3 Å². The molecule has 0 heterocycles. The second kappa shape index (κ2) is 6.69. The molecule has 2 rings (SSSR count). The van der Waals surface area contributed by atoms with Crippen LogP contribution in [0.4, 0.5) is 20.2 Å². The minimum Gasteiger partial charge on any atom is -0.493 e. The maximum absolute atomic E-state index is 13.5. The lowest BCUT2D eigenvalue weighted by molar-refractivity contribution is -0.116. The van der Waals surface area contributed by atoms with Crippen LogP contribution in [-0.4, -0.2) is 12.5 Å².